The number of carbonyl (C=O) groups excluding carboxylic acids is 2. The molecule has 248 valence electrons. The number of nitrogens with one attached hydrogen (secondary N) is 1. The first-order valence-corrected chi connectivity index (χ1v) is 17.1. The number of anilines is 1. The SMILES string of the molecule is CC[C@H](C)NC(=O)[C@@H](Cc1ccccc1)N(Cc1ccc(Cl)cc1Cl)C(=O)CN(c1ccc(F)cc1)S(=O)(=O)c1ccc(OC)cc1. The fraction of sp³-hybridized carbons (Fsp3) is 0.257. The summed E-state index contributed by atoms with van der Waals surface area (Å²) in [4.78, 5) is 29.7. The van der Waals surface area contributed by atoms with E-state index >= 15 is 0 Å². The van der Waals surface area contributed by atoms with Gasteiger partial charge in [-0.1, -0.05) is 66.5 Å². The summed E-state index contributed by atoms with van der Waals surface area (Å²) in [6, 6.07) is 23.2. The third-order valence-corrected chi connectivity index (χ3v) is 10.0. The third kappa shape index (κ3) is 9.24. The zero-order valence-corrected chi connectivity index (χ0v) is 28.5. The molecule has 2 amide bonds. The van der Waals surface area contributed by atoms with E-state index < -0.39 is 40.2 Å². The zero-order chi connectivity index (χ0) is 34.1. The smallest absolute Gasteiger partial charge is 0.264 e. The van der Waals surface area contributed by atoms with Crippen LogP contribution in [0.4, 0.5) is 10.1 Å². The van der Waals surface area contributed by atoms with Gasteiger partial charge in [0.05, 0.1) is 17.7 Å². The molecule has 0 spiro atoms. The molecule has 1 N–H and O–H groups in total. The number of methoxy groups -OCH3 is 1. The zero-order valence-electron chi connectivity index (χ0n) is 26.2. The second-order valence-electron chi connectivity index (χ2n) is 10.9. The average molecular weight is 701 g/mol. The number of carbonyl (C=O) groups is 2. The average Bonchev–Trinajstić information content (AvgIpc) is 3.06. The van der Waals surface area contributed by atoms with Crippen LogP contribution in [0.1, 0.15) is 31.4 Å². The van der Waals surface area contributed by atoms with E-state index in [-0.39, 0.29) is 34.6 Å². The van der Waals surface area contributed by atoms with Gasteiger partial charge in [0, 0.05) is 29.1 Å². The summed E-state index contributed by atoms with van der Waals surface area (Å²) in [6.45, 7) is 2.96. The Kier molecular flexibility index (Phi) is 12.3. The fourth-order valence-electron chi connectivity index (χ4n) is 4.84. The first-order chi connectivity index (χ1) is 22.4. The van der Waals surface area contributed by atoms with Gasteiger partial charge >= 0.3 is 0 Å². The molecule has 4 aromatic carbocycles. The van der Waals surface area contributed by atoms with Crippen molar-refractivity contribution in [1.82, 2.24) is 10.2 Å². The lowest BCUT2D eigenvalue weighted by Gasteiger charge is -2.34. The predicted octanol–water partition coefficient (Wildman–Crippen LogP) is 6.89. The van der Waals surface area contributed by atoms with Gasteiger partial charge < -0.3 is 15.0 Å². The van der Waals surface area contributed by atoms with Gasteiger partial charge in [-0.05, 0) is 85.1 Å². The van der Waals surface area contributed by atoms with Gasteiger partial charge in [0.2, 0.25) is 11.8 Å². The van der Waals surface area contributed by atoms with E-state index in [1.165, 1.54) is 54.5 Å². The summed E-state index contributed by atoms with van der Waals surface area (Å²) in [7, 11) is -2.92. The minimum Gasteiger partial charge on any atom is -0.497 e. The monoisotopic (exact) mass is 699 g/mol. The lowest BCUT2D eigenvalue weighted by molar-refractivity contribution is -0.140. The van der Waals surface area contributed by atoms with Crippen LogP contribution in [0.15, 0.2) is 102 Å². The van der Waals surface area contributed by atoms with Crippen molar-refractivity contribution in [1.29, 1.82) is 0 Å². The molecule has 2 atom stereocenters. The number of hydrogen-bond acceptors (Lipinski definition) is 5. The number of rotatable bonds is 14. The molecule has 0 aliphatic heterocycles. The standard InChI is InChI=1S/C35H36Cl2FN3O5S/c1-4-24(2)39-35(43)33(20-25-8-6-5-7-9-25)40(22-26-10-11-27(36)21-32(26)37)34(42)23-41(29-14-12-28(38)13-15-29)47(44,45)31-18-16-30(46-3)17-19-31/h5-19,21,24,33H,4,20,22-23H2,1-3H3,(H,39,43)/t24-,33+/m0/s1. The Morgan fingerprint density at radius 1 is 0.936 bits per heavy atom. The Hall–Kier alpha value is -4.12. The third-order valence-electron chi connectivity index (χ3n) is 7.67. The van der Waals surface area contributed by atoms with E-state index in [0.29, 0.717) is 22.8 Å². The number of nitrogens with zero attached hydrogens (tertiary/aromatic N) is 2. The van der Waals surface area contributed by atoms with E-state index in [1.54, 1.807) is 12.1 Å². The highest BCUT2D eigenvalue weighted by Crippen LogP contribution is 2.28. The molecule has 4 rings (SSSR count). The molecule has 47 heavy (non-hydrogen) atoms. The molecule has 0 aliphatic carbocycles. The maximum absolute atomic E-state index is 14.5. The van der Waals surface area contributed by atoms with Crippen LogP contribution in [0.3, 0.4) is 0 Å². The molecule has 0 saturated carbocycles. The van der Waals surface area contributed by atoms with Crippen LogP contribution < -0.4 is 14.4 Å². The van der Waals surface area contributed by atoms with Crippen LogP contribution >= 0.6 is 23.2 Å². The molecule has 0 fully saturated rings. The van der Waals surface area contributed by atoms with E-state index in [2.05, 4.69) is 5.32 Å². The molecule has 8 nitrogen and oxygen atoms in total. The molecule has 0 bridgehead atoms. The molecule has 0 aromatic heterocycles. The van der Waals surface area contributed by atoms with Crippen LogP contribution in [0.25, 0.3) is 0 Å². The minimum atomic E-state index is -4.37. The number of sulfonamides is 1. The van der Waals surface area contributed by atoms with Crippen LogP contribution in [-0.2, 0) is 32.6 Å². The maximum atomic E-state index is 14.5. The van der Waals surface area contributed by atoms with Crippen molar-refractivity contribution >= 4 is 50.7 Å². The molecule has 0 heterocycles. The quantitative estimate of drug-likeness (QED) is 0.155. The normalized spacial score (nSPS) is 12.6. The van der Waals surface area contributed by atoms with Crippen LogP contribution in [-0.4, -0.2) is 50.9 Å². The summed E-state index contributed by atoms with van der Waals surface area (Å²) >= 11 is 12.7. The van der Waals surface area contributed by atoms with Crippen LogP contribution in [0, 0.1) is 5.82 Å². The van der Waals surface area contributed by atoms with Gasteiger partial charge in [-0.15, -0.1) is 0 Å². The van der Waals surface area contributed by atoms with Gasteiger partial charge in [0.1, 0.15) is 24.2 Å². The summed E-state index contributed by atoms with van der Waals surface area (Å²) in [6.07, 6.45) is 0.793. The van der Waals surface area contributed by atoms with Gasteiger partial charge in [0.15, 0.2) is 0 Å². The van der Waals surface area contributed by atoms with Crippen molar-refractivity contribution in [3.63, 3.8) is 0 Å². The first-order valence-electron chi connectivity index (χ1n) is 14.9. The Balaban J connectivity index is 1.82. The number of amides is 2. The van der Waals surface area contributed by atoms with E-state index in [0.717, 1.165) is 22.0 Å². The van der Waals surface area contributed by atoms with Gasteiger partial charge in [-0.2, -0.15) is 0 Å². The molecule has 4 aromatic rings. The second kappa shape index (κ2) is 16.1. The summed E-state index contributed by atoms with van der Waals surface area (Å²) in [5, 5.41) is 3.64. The van der Waals surface area contributed by atoms with E-state index in [9.17, 15) is 22.4 Å². The lowest BCUT2D eigenvalue weighted by Crippen LogP contribution is -2.54. The lowest BCUT2D eigenvalue weighted by atomic mass is 10.0. The van der Waals surface area contributed by atoms with Crippen molar-refractivity contribution in [3.05, 3.63) is 124 Å². The number of benzene rings is 4. The van der Waals surface area contributed by atoms with Crippen molar-refractivity contribution in [2.45, 2.75) is 50.2 Å². The van der Waals surface area contributed by atoms with Gasteiger partial charge in [-0.25, -0.2) is 12.8 Å². The minimum absolute atomic E-state index is 0.0590. The number of halogens is 3. The largest absolute Gasteiger partial charge is 0.497 e. The van der Waals surface area contributed by atoms with Crippen molar-refractivity contribution in [3.8, 4) is 5.75 Å². The summed E-state index contributed by atoms with van der Waals surface area (Å²) < 4.78 is 48.3. The Morgan fingerprint density at radius 3 is 2.19 bits per heavy atom. The summed E-state index contributed by atoms with van der Waals surface area (Å²) in [5.41, 5.74) is 1.35. The molecule has 0 radical (unpaired) electrons. The first kappa shape index (κ1) is 35.7. The van der Waals surface area contributed by atoms with Gasteiger partial charge in [0.25, 0.3) is 10.0 Å². The second-order valence-corrected chi connectivity index (χ2v) is 13.7. The molecule has 12 heteroatoms. The van der Waals surface area contributed by atoms with Gasteiger partial charge in [-0.3, -0.25) is 13.9 Å². The predicted molar refractivity (Wildman–Crippen MR) is 183 cm³/mol. The Morgan fingerprint density at radius 2 is 1.60 bits per heavy atom. The Bertz CT molecular complexity index is 1780. The van der Waals surface area contributed by atoms with E-state index in [1.807, 2.05) is 44.2 Å². The highest BCUT2D eigenvalue weighted by Gasteiger charge is 2.35. The molecular formula is C35H36Cl2FN3O5S. The molecular weight excluding hydrogens is 664 g/mol. The number of hydrogen-bond donors (Lipinski definition) is 1. The Labute approximate surface area is 285 Å². The molecule has 0 unspecified atom stereocenters. The highest BCUT2D eigenvalue weighted by molar-refractivity contribution is 7.92. The van der Waals surface area contributed by atoms with Crippen LogP contribution in [0.2, 0.25) is 10.0 Å². The molecule has 0 saturated heterocycles. The van der Waals surface area contributed by atoms with Crippen molar-refractivity contribution in [2.24, 2.45) is 0 Å². The van der Waals surface area contributed by atoms with Crippen LogP contribution in [0.5, 0.6) is 5.75 Å². The number of ether oxygens (including phenoxy) is 1. The summed E-state index contributed by atoms with van der Waals surface area (Å²) in [5.74, 6) is -1.23. The maximum Gasteiger partial charge on any atom is 0.264 e. The topological polar surface area (TPSA) is 96.0 Å². The molecule has 0 aliphatic rings. The van der Waals surface area contributed by atoms with Crippen molar-refractivity contribution < 1.29 is 27.1 Å². The highest BCUT2D eigenvalue weighted by atomic mass is 35.5. The fourth-order valence-corrected chi connectivity index (χ4v) is 6.72. The van der Waals surface area contributed by atoms with Crippen molar-refractivity contribution in [2.75, 3.05) is 18.0 Å². The van der Waals surface area contributed by atoms with E-state index in [4.69, 9.17) is 27.9 Å².